The zero-order chi connectivity index (χ0) is 20.6. The number of nitriles is 1. The number of morpholine rings is 1. The van der Waals surface area contributed by atoms with Crippen molar-refractivity contribution in [3.8, 4) is 11.8 Å². The highest BCUT2D eigenvalue weighted by molar-refractivity contribution is 6.01. The Bertz CT molecular complexity index is 954. The van der Waals surface area contributed by atoms with E-state index in [0.717, 1.165) is 5.56 Å². The smallest absolute Gasteiger partial charge is 0.335 e. The van der Waals surface area contributed by atoms with E-state index in [1.165, 1.54) is 6.07 Å². The molecule has 7 nitrogen and oxygen atoms in total. The highest BCUT2D eigenvalue weighted by atomic mass is 16.5. The van der Waals surface area contributed by atoms with Crippen molar-refractivity contribution in [2.75, 3.05) is 26.3 Å². The zero-order valence-electron chi connectivity index (χ0n) is 15.7. The second-order valence-electron chi connectivity index (χ2n) is 6.44. The first-order chi connectivity index (χ1) is 14.1. The van der Waals surface area contributed by atoms with Crippen LogP contribution in [0.3, 0.4) is 0 Å². The molecule has 0 aromatic heterocycles. The predicted molar refractivity (Wildman–Crippen MR) is 105 cm³/mol. The number of hydrogen-bond acceptors (Lipinski definition) is 5. The summed E-state index contributed by atoms with van der Waals surface area (Å²) >= 11 is 0. The lowest BCUT2D eigenvalue weighted by atomic mass is 10.1. The summed E-state index contributed by atoms with van der Waals surface area (Å²) in [5.74, 6) is -0.682. The largest absolute Gasteiger partial charge is 0.489 e. The van der Waals surface area contributed by atoms with E-state index in [-0.39, 0.29) is 23.7 Å². The Kier molecular flexibility index (Phi) is 6.61. The first-order valence-corrected chi connectivity index (χ1v) is 9.11. The third kappa shape index (κ3) is 5.43. The Balaban J connectivity index is 1.64. The molecule has 2 aromatic rings. The molecule has 1 aliphatic heterocycles. The summed E-state index contributed by atoms with van der Waals surface area (Å²) in [5.41, 5.74) is 1.74. The van der Waals surface area contributed by atoms with Crippen molar-refractivity contribution in [3.05, 3.63) is 70.8 Å². The lowest BCUT2D eigenvalue weighted by Gasteiger charge is -2.26. The number of carbonyl (C=O) groups is 2. The van der Waals surface area contributed by atoms with Gasteiger partial charge in [-0.25, -0.2) is 4.79 Å². The highest BCUT2D eigenvalue weighted by Crippen LogP contribution is 2.17. The van der Waals surface area contributed by atoms with Gasteiger partial charge in [0.2, 0.25) is 0 Å². The number of hydrogen-bond donors (Lipinski definition) is 1. The van der Waals surface area contributed by atoms with Gasteiger partial charge in [0.1, 0.15) is 24.0 Å². The molecule has 1 fully saturated rings. The van der Waals surface area contributed by atoms with Crippen LogP contribution in [0.5, 0.6) is 5.75 Å². The van der Waals surface area contributed by atoms with E-state index in [0.29, 0.717) is 37.6 Å². The normalized spacial score (nSPS) is 14.2. The Morgan fingerprint density at radius 2 is 1.90 bits per heavy atom. The number of nitrogens with zero attached hydrogens (tertiary/aromatic N) is 2. The van der Waals surface area contributed by atoms with Crippen molar-refractivity contribution in [2.45, 2.75) is 6.61 Å². The quantitative estimate of drug-likeness (QED) is 0.599. The highest BCUT2D eigenvalue weighted by Gasteiger charge is 2.20. The van der Waals surface area contributed by atoms with Crippen molar-refractivity contribution in [1.82, 2.24) is 4.90 Å². The maximum absolute atomic E-state index is 12.4. The van der Waals surface area contributed by atoms with Crippen LogP contribution < -0.4 is 4.74 Å². The zero-order valence-corrected chi connectivity index (χ0v) is 15.7. The Morgan fingerprint density at radius 3 is 2.55 bits per heavy atom. The van der Waals surface area contributed by atoms with Crippen LogP contribution in [-0.4, -0.2) is 48.2 Å². The summed E-state index contributed by atoms with van der Waals surface area (Å²) in [5, 5.41) is 18.4. The Labute approximate surface area is 168 Å². The number of ether oxygens (including phenoxy) is 2. The van der Waals surface area contributed by atoms with Gasteiger partial charge in [-0.2, -0.15) is 5.26 Å². The monoisotopic (exact) mass is 392 g/mol. The molecule has 1 heterocycles. The molecule has 0 unspecified atom stereocenters. The third-order valence-corrected chi connectivity index (χ3v) is 4.42. The molecule has 1 aliphatic rings. The fourth-order valence-corrected chi connectivity index (χ4v) is 2.87. The van der Waals surface area contributed by atoms with E-state index in [4.69, 9.17) is 14.6 Å². The maximum Gasteiger partial charge on any atom is 0.335 e. The van der Waals surface area contributed by atoms with Gasteiger partial charge in [-0.15, -0.1) is 0 Å². The molecule has 0 bridgehead atoms. The van der Waals surface area contributed by atoms with Crippen LogP contribution in [0.1, 0.15) is 21.5 Å². The molecule has 7 heteroatoms. The van der Waals surface area contributed by atoms with Crippen molar-refractivity contribution >= 4 is 18.0 Å². The maximum atomic E-state index is 12.4. The number of benzene rings is 2. The molecule has 1 saturated heterocycles. The van der Waals surface area contributed by atoms with Gasteiger partial charge in [-0.1, -0.05) is 24.3 Å². The van der Waals surface area contributed by atoms with Gasteiger partial charge in [-0.3, -0.25) is 4.79 Å². The van der Waals surface area contributed by atoms with Gasteiger partial charge in [0.05, 0.1) is 18.8 Å². The van der Waals surface area contributed by atoms with Crippen molar-refractivity contribution in [3.63, 3.8) is 0 Å². The summed E-state index contributed by atoms with van der Waals surface area (Å²) < 4.78 is 10.9. The molecule has 1 N–H and O–H groups in total. The van der Waals surface area contributed by atoms with Crippen molar-refractivity contribution < 1.29 is 24.2 Å². The van der Waals surface area contributed by atoms with Gasteiger partial charge in [-0.05, 0) is 41.5 Å². The summed E-state index contributed by atoms with van der Waals surface area (Å²) in [7, 11) is 0. The molecule has 29 heavy (non-hydrogen) atoms. The standard InChI is InChI=1S/C22H20N2O5/c23-14-19(21(25)24-8-10-28-11-9-24)12-16-4-6-20(7-5-16)29-15-17-2-1-3-18(13-17)22(26)27/h1-7,12-13H,8-11,15H2,(H,26,27)/b19-12+. The third-order valence-electron chi connectivity index (χ3n) is 4.42. The van der Waals surface area contributed by atoms with Gasteiger partial charge in [0, 0.05) is 13.1 Å². The summed E-state index contributed by atoms with van der Waals surface area (Å²) in [6, 6.07) is 15.5. The topological polar surface area (TPSA) is 99.9 Å². The van der Waals surface area contributed by atoms with Gasteiger partial charge >= 0.3 is 5.97 Å². The molecule has 0 radical (unpaired) electrons. The number of rotatable bonds is 6. The lowest BCUT2D eigenvalue weighted by Crippen LogP contribution is -2.41. The van der Waals surface area contributed by atoms with Gasteiger partial charge < -0.3 is 19.5 Å². The average Bonchev–Trinajstić information content (AvgIpc) is 2.77. The van der Waals surface area contributed by atoms with Crippen LogP contribution >= 0.6 is 0 Å². The SMILES string of the molecule is N#C/C(=C\c1ccc(OCc2cccc(C(=O)O)c2)cc1)C(=O)N1CCOCC1. The van der Waals surface area contributed by atoms with E-state index in [1.54, 1.807) is 53.4 Å². The molecule has 0 spiro atoms. The van der Waals surface area contributed by atoms with Crippen LogP contribution in [0.4, 0.5) is 0 Å². The van der Waals surface area contributed by atoms with E-state index in [2.05, 4.69) is 0 Å². The minimum atomic E-state index is -0.983. The Hall–Kier alpha value is -3.63. The van der Waals surface area contributed by atoms with Crippen LogP contribution in [0, 0.1) is 11.3 Å². The molecule has 0 atom stereocenters. The second-order valence-corrected chi connectivity index (χ2v) is 6.44. The molecular formula is C22H20N2O5. The molecular weight excluding hydrogens is 372 g/mol. The number of amides is 1. The molecule has 3 rings (SSSR count). The van der Waals surface area contributed by atoms with E-state index < -0.39 is 5.97 Å². The molecule has 0 saturated carbocycles. The fourth-order valence-electron chi connectivity index (χ4n) is 2.87. The minimum absolute atomic E-state index is 0.0750. The van der Waals surface area contributed by atoms with Gasteiger partial charge in [0.25, 0.3) is 5.91 Å². The number of carboxylic acids is 1. The van der Waals surface area contributed by atoms with Gasteiger partial charge in [0.15, 0.2) is 0 Å². The minimum Gasteiger partial charge on any atom is -0.489 e. The van der Waals surface area contributed by atoms with Crippen molar-refractivity contribution in [2.24, 2.45) is 0 Å². The van der Waals surface area contributed by atoms with Crippen molar-refractivity contribution in [1.29, 1.82) is 5.26 Å². The van der Waals surface area contributed by atoms with E-state index >= 15 is 0 Å². The second kappa shape index (κ2) is 9.53. The van der Waals surface area contributed by atoms with E-state index in [9.17, 15) is 14.9 Å². The first-order valence-electron chi connectivity index (χ1n) is 9.11. The first kappa shape index (κ1) is 20.1. The number of carbonyl (C=O) groups excluding carboxylic acids is 1. The summed E-state index contributed by atoms with van der Waals surface area (Å²) in [4.78, 5) is 25.1. The average molecular weight is 392 g/mol. The number of carboxylic acid groups (broad SMARTS) is 1. The molecule has 2 aromatic carbocycles. The summed E-state index contributed by atoms with van der Waals surface area (Å²) in [6.07, 6.45) is 1.55. The Morgan fingerprint density at radius 1 is 1.17 bits per heavy atom. The fraction of sp³-hybridized carbons (Fsp3) is 0.227. The molecule has 1 amide bonds. The summed E-state index contributed by atoms with van der Waals surface area (Å²) in [6.45, 7) is 2.15. The van der Waals surface area contributed by atoms with Crippen LogP contribution in [-0.2, 0) is 16.1 Å². The van der Waals surface area contributed by atoms with Crippen LogP contribution in [0.15, 0.2) is 54.1 Å². The lowest BCUT2D eigenvalue weighted by molar-refractivity contribution is -0.130. The van der Waals surface area contributed by atoms with Crippen LogP contribution in [0.2, 0.25) is 0 Å². The van der Waals surface area contributed by atoms with Crippen LogP contribution in [0.25, 0.3) is 6.08 Å². The molecule has 0 aliphatic carbocycles. The number of aromatic carboxylic acids is 1. The predicted octanol–water partition coefficient (Wildman–Crippen LogP) is 2.73. The van der Waals surface area contributed by atoms with E-state index in [1.807, 2.05) is 6.07 Å². The molecule has 148 valence electrons.